The molecule has 0 saturated heterocycles. The molecule has 0 fully saturated rings. The Morgan fingerprint density at radius 3 is 2.65 bits per heavy atom. The van der Waals surface area contributed by atoms with E-state index in [1.807, 2.05) is 10.9 Å². The smallest absolute Gasteiger partial charge is 0.142 e. The Hall–Kier alpha value is -2.35. The van der Waals surface area contributed by atoms with Gasteiger partial charge in [0.05, 0.1) is 6.20 Å². The van der Waals surface area contributed by atoms with E-state index in [0.717, 1.165) is 54.7 Å². The number of nitrogens with two attached hydrogens (primary N) is 1. The molecule has 0 aliphatic heterocycles. The summed E-state index contributed by atoms with van der Waals surface area (Å²) in [6.45, 7) is 4.94. The average molecular weight is 309 g/mol. The Kier molecular flexibility index (Phi) is 4.33. The first-order valence-corrected chi connectivity index (χ1v) is 8.41. The van der Waals surface area contributed by atoms with E-state index in [1.54, 1.807) is 0 Å². The van der Waals surface area contributed by atoms with Crippen LogP contribution >= 0.6 is 0 Å². The third-order valence-corrected chi connectivity index (χ3v) is 4.79. The van der Waals surface area contributed by atoms with Crippen molar-refractivity contribution in [2.75, 3.05) is 5.73 Å². The van der Waals surface area contributed by atoms with E-state index in [0.29, 0.717) is 11.4 Å². The van der Waals surface area contributed by atoms with Gasteiger partial charge in [-0.2, -0.15) is 10.4 Å². The summed E-state index contributed by atoms with van der Waals surface area (Å²) in [6.07, 6.45) is 8.52. The number of pyridine rings is 1. The first-order valence-electron chi connectivity index (χ1n) is 8.41. The van der Waals surface area contributed by atoms with Crippen LogP contribution in [-0.4, -0.2) is 14.8 Å². The summed E-state index contributed by atoms with van der Waals surface area (Å²) in [6, 6.07) is 2.28. The Morgan fingerprint density at radius 2 is 2.00 bits per heavy atom. The third-order valence-electron chi connectivity index (χ3n) is 4.79. The van der Waals surface area contributed by atoms with E-state index >= 15 is 0 Å². The van der Waals surface area contributed by atoms with Crippen molar-refractivity contribution in [3.05, 3.63) is 28.7 Å². The summed E-state index contributed by atoms with van der Waals surface area (Å²) in [5.74, 6) is 0.352. The molecule has 2 heterocycles. The second kappa shape index (κ2) is 6.41. The van der Waals surface area contributed by atoms with Crippen LogP contribution in [0.4, 0.5) is 5.82 Å². The van der Waals surface area contributed by atoms with Crippen molar-refractivity contribution >= 4 is 5.82 Å². The summed E-state index contributed by atoms with van der Waals surface area (Å²) in [7, 11) is 0. The SMILES string of the molecule is CCn1ncc(-c2c(C#N)c(N)nc3c2CCCCCC3)c1C. The molecule has 23 heavy (non-hydrogen) atoms. The van der Waals surface area contributed by atoms with Gasteiger partial charge in [0.15, 0.2) is 0 Å². The Morgan fingerprint density at radius 1 is 1.26 bits per heavy atom. The maximum Gasteiger partial charge on any atom is 0.142 e. The zero-order valence-electron chi connectivity index (χ0n) is 13.9. The van der Waals surface area contributed by atoms with Crippen LogP contribution in [-0.2, 0) is 19.4 Å². The molecule has 0 aromatic carbocycles. The van der Waals surface area contributed by atoms with Crippen LogP contribution in [0.15, 0.2) is 6.20 Å². The van der Waals surface area contributed by atoms with Gasteiger partial charge >= 0.3 is 0 Å². The molecule has 120 valence electrons. The summed E-state index contributed by atoms with van der Waals surface area (Å²) in [5, 5.41) is 14.1. The van der Waals surface area contributed by atoms with Crippen LogP contribution in [0.3, 0.4) is 0 Å². The topological polar surface area (TPSA) is 80.5 Å². The van der Waals surface area contributed by atoms with Crippen molar-refractivity contribution in [1.29, 1.82) is 5.26 Å². The number of nitrogen functional groups attached to an aromatic ring is 1. The lowest BCUT2D eigenvalue weighted by atomic mass is 9.88. The molecule has 0 saturated carbocycles. The predicted molar refractivity (Wildman–Crippen MR) is 90.9 cm³/mol. The highest BCUT2D eigenvalue weighted by atomic mass is 15.3. The zero-order valence-corrected chi connectivity index (χ0v) is 13.9. The lowest BCUT2D eigenvalue weighted by Gasteiger charge is -2.19. The van der Waals surface area contributed by atoms with Crippen LogP contribution in [0, 0.1) is 18.3 Å². The first-order chi connectivity index (χ1) is 11.2. The molecular weight excluding hydrogens is 286 g/mol. The number of nitrogens with zero attached hydrogens (tertiary/aromatic N) is 4. The van der Waals surface area contributed by atoms with E-state index in [-0.39, 0.29) is 0 Å². The van der Waals surface area contributed by atoms with Gasteiger partial charge in [-0.15, -0.1) is 0 Å². The number of hydrogen-bond acceptors (Lipinski definition) is 4. The first kappa shape index (κ1) is 15.5. The quantitative estimate of drug-likeness (QED) is 0.922. The van der Waals surface area contributed by atoms with Crippen molar-refractivity contribution in [1.82, 2.24) is 14.8 Å². The average Bonchev–Trinajstić information content (AvgIpc) is 2.88. The number of aryl methyl sites for hydroxylation is 2. The third kappa shape index (κ3) is 2.70. The normalized spacial score (nSPS) is 14.7. The standard InChI is InChI=1S/C18H23N5/c1-3-23-12(2)15(11-21-23)17-13-8-6-4-5-7-9-16(13)22-18(20)14(17)10-19/h11H,3-9H2,1-2H3,(H2,20,22). The highest BCUT2D eigenvalue weighted by molar-refractivity contribution is 5.80. The maximum absolute atomic E-state index is 9.65. The maximum atomic E-state index is 9.65. The molecule has 0 amide bonds. The fraction of sp³-hybridized carbons (Fsp3) is 0.500. The van der Waals surface area contributed by atoms with Crippen LogP contribution in [0.5, 0.6) is 0 Å². The van der Waals surface area contributed by atoms with Gasteiger partial charge in [-0.1, -0.05) is 12.8 Å². The molecule has 0 unspecified atom stereocenters. The molecule has 5 nitrogen and oxygen atoms in total. The van der Waals surface area contributed by atoms with E-state index < -0.39 is 0 Å². The second-order valence-corrected chi connectivity index (χ2v) is 6.16. The van der Waals surface area contributed by atoms with Crippen molar-refractivity contribution in [3.8, 4) is 17.2 Å². The van der Waals surface area contributed by atoms with Crippen molar-refractivity contribution in [2.24, 2.45) is 0 Å². The van der Waals surface area contributed by atoms with E-state index in [9.17, 15) is 5.26 Å². The molecule has 5 heteroatoms. The minimum absolute atomic E-state index is 0.352. The van der Waals surface area contributed by atoms with Crippen molar-refractivity contribution in [3.63, 3.8) is 0 Å². The summed E-state index contributed by atoms with van der Waals surface area (Å²) < 4.78 is 1.96. The number of anilines is 1. The van der Waals surface area contributed by atoms with E-state index in [1.165, 1.54) is 18.4 Å². The summed E-state index contributed by atoms with van der Waals surface area (Å²) in [5.41, 5.74) is 12.0. The highest BCUT2D eigenvalue weighted by Crippen LogP contribution is 2.36. The van der Waals surface area contributed by atoms with Gasteiger partial charge in [-0.05, 0) is 45.1 Å². The van der Waals surface area contributed by atoms with E-state index in [2.05, 4.69) is 30.0 Å². The molecule has 2 N–H and O–H groups in total. The molecule has 0 spiro atoms. The molecule has 0 atom stereocenters. The molecule has 3 rings (SSSR count). The Balaban J connectivity index is 2.28. The molecule has 2 aromatic rings. The van der Waals surface area contributed by atoms with Crippen LogP contribution in [0.2, 0.25) is 0 Å². The van der Waals surface area contributed by atoms with Crippen molar-refractivity contribution < 1.29 is 0 Å². The Bertz CT molecular complexity index is 767. The van der Waals surface area contributed by atoms with Gasteiger partial charge in [0.25, 0.3) is 0 Å². The molecule has 0 bridgehead atoms. The van der Waals surface area contributed by atoms with Gasteiger partial charge in [0.2, 0.25) is 0 Å². The fourth-order valence-corrected chi connectivity index (χ4v) is 3.54. The van der Waals surface area contributed by atoms with Gasteiger partial charge in [-0.3, -0.25) is 4.68 Å². The molecule has 2 aromatic heterocycles. The summed E-state index contributed by atoms with van der Waals surface area (Å²) in [4.78, 5) is 4.56. The Labute approximate surface area is 137 Å². The largest absolute Gasteiger partial charge is 0.383 e. The van der Waals surface area contributed by atoms with Crippen LogP contribution in [0.25, 0.3) is 11.1 Å². The van der Waals surface area contributed by atoms with Crippen molar-refractivity contribution in [2.45, 2.75) is 58.9 Å². The highest BCUT2D eigenvalue weighted by Gasteiger charge is 2.23. The number of fused-ring (bicyclic) bond motifs is 1. The van der Waals surface area contributed by atoms with Gasteiger partial charge in [0, 0.05) is 29.1 Å². The number of hydrogen-bond donors (Lipinski definition) is 1. The molecule has 0 radical (unpaired) electrons. The zero-order chi connectivity index (χ0) is 16.4. The molecule has 1 aliphatic rings. The number of aromatic nitrogens is 3. The monoisotopic (exact) mass is 309 g/mol. The predicted octanol–water partition coefficient (Wildman–Crippen LogP) is 3.39. The molecular formula is C18H23N5. The lowest BCUT2D eigenvalue weighted by Crippen LogP contribution is -2.10. The second-order valence-electron chi connectivity index (χ2n) is 6.16. The molecule has 1 aliphatic carbocycles. The minimum atomic E-state index is 0.352. The van der Waals surface area contributed by atoms with Gasteiger partial charge in [-0.25, -0.2) is 4.98 Å². The number of nitriles is 1. The van der Waals surface area contributed by atoms with Crippen LogP contribution < -0.4 is 5.73 Å². The van der Waals surface area contributed by atoms with Gasteiger partial charge in [0.1, 0.15) is 17.5 Å². The van der Waals surface area contributed by atoms with Crippen LogP contribution in [0.1, 0.15) is 55.1 Å². The van der Waals surface area contributed by atoms with Gasteiger partial charge < -0.3 is 5.73 Å². The lowest BCUT2D eigenvalue weighted by molar-refractivity contribution is 0.609. The number of rotatable bonds is 2. The van der Waals surface area contributed by atoms with E-state index in [4.69, 9.17) is 5.73 Å². The fourth-order valence-electron chi connectivity index (χ4n) is 3.54. The summed E-state index contributed by atoms with van der Waals surface area (Å²) >= 11 is 0. The minimum Gasteiger partial charge on any atom is -0.383 e.